The van der Waals surface area contributed by atoms with E-state index in [4.69, 9.17) is 4.52 Å². The Bertz CT molecular complexity index is 998. The second kappa shape index (κ2) is 6.64. The predicted octanol–water partition coefficient (Wildman–Crippen LogP) is 3.61. The molecule has 0 atom stereocenters. The first kappa shape index (κ1) is 17.1. The zero-order chi connectivity index (χ0) is 18.0. The summed E-state index contributed by atoms with van der Waals surface area (Å²) >= 11 is 0. The third-order valence-corrected chi connectivity index (χ3v) is 4.95. The van der Waals surface area contributed by atoms with Crippen LogP contribution >= 0.6 is 0 Å². The second-order valence-corrected chi connectivity index (χ2v) is 7.48. The van der Waals surface area contributed by atoms with Crippen molar-refractivity contribution in [1.29, 1.82) is 0 Å². The van der Waals surface area contributed by atoms with Crippen LogP contribution in [0.1, 0.15) is 12.5 Å². The van der Waals surface area contributed by atoms with Crippen molar-refractivity contribution >= 4 is 15.7 Å². The Morgan fingerprint density at radius 1 is 1.12 bits per heavy atom. The minimum atomic E-state index is -3.32. The quantitative estimate of drug-likeness (QED) is 0.750. The monoisotopic (exact) mass is 361 g/mol. The number of nitrogens with zero attached hydrogens (tertiary/aromatic N) is 2. The van der Waals surface area contributed by atoms with Crippen molar-refractivity contribution in [2.75, 3.05) is 10.5 Å². The van der Waals surface area contributed by atoms with E-state index in [0.717, 1.165) is 0 Å². The van der Waals surface area contributed by atoms with E-state index in [1.54, 1.807) is 50.2 Å². The maximum absolute atomic E-state index is 13.7. The van der Waals surface area contributed by atoms with Gasteiger partial charge in [0, 0.05) is 16.8 Å². The number of benzene rings is 2. The summed E-state index contributed by atoms with van der Waals surface area (Å²) in [5, 5.41) is 3.89. The van der Waals surface area contributed by atoms with Crippen molar-refractivity contribution in [3.05, 3.63) is 53.8 Å². The molecule has 0 radical (unpaired) electrons. The molecule has 0 aliphatic rings. The molecule has 1 N–H and O–H groups in total. The highest BCUT2D eigenvalue weighted by Crippen LogP contribution is 2.24. The lowest BCUT2D eigenvalue weighted by Crippen LogP contribution is -2.14. The smallest absolute Gasteiger partial charge is 0.258 e. The first-order valence-corrected chi connectivity index (χ1v) is 9.24. The van der Waals surface area contributed by atoms with Crippen LogP contribution in [-0.2, 0) is 10.0 Å². The SMILES string of the molecule is CCS(=O)(=O)Nc1ccc(-c2noc(-c3ccc(C)c(F)c3)n2)cc1. The second-order valence-electron chi connectivity index (χ2n) is 5.47. The fourth-order valence-corrected chi connectivity index (χ4v) is 2.76. The van der Waals surface area contributed by atoms with Crippen molar-refractivity contribution < 1.29 is 17.3 Å². The first-order chi connectivity index (χ1) is 11.9. The third-order valence-electron chi connectivity index (χ3n) is 3.64. The summed E-state index contributed by atoms with van der Waals surface area (Å²) in [6, 6.07) is 11.3. The number of rotatable bonds is 5. The van der Waals surface area contributed by atoms with Gasteiger partial charge in [-0.3, -0.25) is 4.72 Å². The number of aromatic nitrogens is 2. The van der Waals surface area contributed by atoms with Crippen LogP contribution in [0.25, 0.3) is 22.8 Å². The maximum Gasteiger partial charge on any atom is 0.258 e. The highest BCUT2D eigenvalue weighted by molar-refractivity contribution is 7.92. The maximum atomic E-state index is 13.7. The van der Waals surface area contributed by atoms with Gasteiger partial charge >= 0.3 is 0 Å². The Morgan fingerprint density at radius 3 is 2.44 bits per heavy atom. The van der Waals surface area contributed by atoms with Gasteiger partial charge < -0.3 is 4.52 Å². The molecular formula is C17H16FN3O3S. The van der Waals surface area contributed by atoms with E-state index in [1.807, 2.05) is 0 Å². The van der Waals surface area contributed by atoms with Crippen molar-refractivity contribution in [2.45, 2.75) is 13.8 Å². The fraction of sp³-hybridized carbons (Fsp3) is 0.176. The van der Waals surface area contributed by atoms with Gasteiger partial charge in [0.2, 0.25) is 15.8 Å². The highest BCUT2D eigenvalue weighted by atomic mass is 32.2. The van der Waals surface area contributed by atoms with E-state index in [2.05, 4.69) is 14.9 Å². The van der Waals surface area contributed by atoms with Crippen molar-refractivity contribution in [2.24, 2.45) is 0 Å². The molecule has 6 nitrogen and oxygen atoms in total. The number of halogens is 1. The van der Waals surface area contributed by atoms with E-state index in [9.17, 15) is 12.8 Å². The molecule has 8 heteroatoms. The zero-order valence-corrected chi connectivity index (χ0v) is 14.5. The topological polar surface area (TPSA) is 85.1 Å². The minimum absolute atomic E-state index is 0.00391. The molecule has 1 aromatic heterocycles. The van der Waals surface area contributed by atoms with Gasteiger partial charge in [0.25, 0.3) is 5.89 Å². The molecule has 3 aromatic rings. The summed E-state index contributed by atoms with van der Waals surface area (Å²) in [6.07, 6.45) is 0. The summed E-state index contributed by atoms with van der Waals surface area (Å²) in [7, 11) is -3.32. The molecule has 2 aromatic carbocycles. The predicted molar refractivity (Wildman–Crippen MR) is 92.9 cm³/mol. The lowest BCUT2D eigenvalue weighted by atomic mass is 10.1. The molecule has 3 rings (SSSR count). The van der Waals surface area contributed by atoms with Crippen LogP contribution in [-0.4, -0.2) is 24.3 Å². The summed E-state index contributed by atoms with van der Waals surface area (Å²) in [5.74, 6) is 0.200. The molecule has 0 aliphatic heterocycles. The molecule has 0 fully saturated rings. The largest absolute Gasteiger partial charge is 0.334 e. The normalized spacial score (nSPS) is 11.5. The van der Waals surface area contributed by atoms with E-state index in [0.29, 0.717) is 28.2 Å². The molecule has 0 spiro atoms. The molecule has 0 aliphatic carbocycles. The number of sulfonamides is 1. The molecule has 1 heterocycles. The Hall–Kier alpha value is -2.74. The molecule has 130 valence electrons. The zero-order valence-electron chi connectivity index (χ0n) is 13.7. The molecule has 0 amide bonds. The fourth-order valence-electron chi connectivity index (χ4n) is 2.12. The Labute approximate surface area is 144 Å². The number of aryl methyl sites for hydroxylation is 1. The Balaban J connectivity index is 1.83. The van der Waals surface area contributed by atoms with Crippen molar-refractivity contribution in [1.82, 2.24) is 10.1 Å². The highest BCUT2D eigenvalue weighted by Gasteiger charge is 2.13. The lowest BCUT2D eigenvalue weighted by Gasteiger charge is -2.05. The molecule has 0 unspecified atom stereocenters. The van der Waals surface area contributed by atoms with Crippen LogP contribution in [0.5, 0.6) is 0 Å². The van der Waals surface area contributed by atoms with Gasteiger partial charge in [0.05, 0.1) is 5.75 Å². The Morgan fingerprint density at radius 2 is 1.80 bits per heavy atom. The van der Waals surface area contributed by atoms with E-state index in [1.165, 1.54) is 6.07 Å². The minimum Gasteiger partial charge on any atom is -0.334 e. The van der Waals surface area contributed by atoms with Gasteiger partial charge in [-0.25, -0.2) is 12.8 Å². The average Bonchev–Trinajstić information content (AvgIpc) is 3.08. The number of hydrogen-bond donors (Lipinski definition) is 1. The summed E-state index contributed by atoms with van der Waals surface area (Å²) in [4.78, 5) is 4.26. The standard InChI is InChI=1S/C17H16FN3O3S/c1-3-25(22,23)21-14-8-6-12(7-9-14)16-19-17(24-20-16)13-5-4-11(2)15(18)10-13/h4-10,21H,3H2,1-2H3. The van der Waals surface area contributed by atoms with Gasteiger partial charge in [0.1, 0.15) is 5.82 Å². The summed E-state index contributed by atoms with van der Waals surface area (Å²) in [6.45, 7) is 3.23. The van der Waals surface area contributed by atoms with Gasteiger partial charge in [-0.2, -0.15) is 4.98 Å². The van der Waals surface area contributed by atoms with Crippen LogP contribution in [0.4, 0.5) is 10.1 Å². The Kier molecular flexibility index (Phi) is 4.54. The molecular weight excluding hydrogens is 345 g/mol. The van der Waals surface area contributed by atoms with Gasteiger partial charge in [-0.1, -0.05) is 11.2 Å². The third kappa shape index (κ3) is 3.85. The number of anilines is 1. The van der Waals surface area contributed by atoms with Crippen LogP contribution in [0.2, 0.25) is 0 Å². The molecule has 0 saturated carbocycles. The van der Waals surface area contributed by atoms with Crippen LogP contribution in [0.15, 0.2) is 47.0 Å². The molecule has 0 saturated heterocycles. The van der Waals surface area contributed by atoms with Crippen molar-refractivity contribution in [3.8, 4) is 22.8 Å². The number of nitrogens with one attached hydrogen (secondary N) is 1. The van der Waals surface area contributed by atoms with Crippen LogP contribution < -0.4 is 4.72 Å². The van der Waals surface area contributed by atoms with Crippen LogP contribution in [0.3, 0.4) is 0 Å². The summed E-state index contributed by atoms with van der Waals surface area (Å²) in [5.41, 5.74) is 2.14. The number of hydrogen-bond acceptors (Lipinski definition) is 5. The van der Waals surface area contributed by atoms with E-state index in [-0.39, 0.29) is 17.5 Å². The van der Waals surface area contributed by atoms with Gasteiger partial charge in [-0.15, -0.1) is 0 Å². The van der Waals surface area contributed by atoms with Crippen molar-refractivity contribution in [3.63, 3.8) is 0 Å². The van der Waals surface area contributed by atoms with Crippen LogP contribution in [0, 0.1) is 12.7 Å². The van der Waals surface area contributed by atoms with E-state index >= 15 is 0 Å². The molecule has 25 heavy (non-hydrogen) atoms. The van der Waals surface area contributed by atoms with Gasteiger partial charge in [0.15, 0.2) is 0 Å². The summed E-state index contributed by atoms with van der Waals surface area (Å²) < 4.78 is 44.4. The molecule has 0 bridgehead atoms. The lowest BCUT2D eigenvalue weighted by molar-refractivity contribution is 0.432. The van der Waals surface area contributed by atoms with Gasteiger partial charge in [-0.05, 0) is 55.8 Å². The average molecular weight is 361 g/mol. The first-order valence-electron chi connectivity index (χ1n) is 7.59. The van der Waals surface area contributed by atoms with E-state index < -0.39 is 10.0 Å².